The number of benzene rings is 2. The van der Waals surface area contributed by atoms with Crippen LogP contribution in [0.1, 0.15) is 18.5 Å². The number of anilines is 2. The molecule has 0 amide bonds. The van der Waals surface area contributed by atoms with Crippen LogP contribution in [0.15, 0.2) is 42.7 Å². The van der Waals surface area contributed by atoms with Crippen LogP contribution < -0.4 is 19.5 Å². The molecule has 0 fully saturated rings. The Bertz CT molecular complexity index is 1010. The van der Waals surface area contributed by atoms with Crippen LogP contribution in [0.3, 0.4) is 0 Å². The minimum absolute atomic E-state index is 0.0636. The van der Waals surface area contributed by atoms with Crippen LogP contribution in [0.25, 0.3) is 10.9 Å². The van der Waals surface area contributed by atoms with E-state index >= 15 is 0 Å². The highest BCUT2D eigenvalue weighted by atomic mass is 32.2. The summed E-state index contributed by atoms with van der Waals surface area (Å²) < 4.78 is 34.5. The van der Waals surface area contributed by atoms with E-state index < -0.39 is 10.9 Å². The van der Waals surface area contributed by atoms with Gasteiger partial charge in [0.05, 0.1) is 19.7 Å². The normalized spacial score (nSPS) is 12.0. The molecule has 0 aliphatic heterocycles. The lowest BCUT2D eigenvalue weighted by molar-refractivity contribution is 0.356. The van der Waals surface area contributed by atoms with Gasteiger partial charge in [-0.1, -0.05) is 12.1 Å². The molecule has 1 heterocycles. The molecule has 0 bridgehead atoms. The Hall–Kier alpha value is -3.07. The molecule has 0 spiro atoms. The summed E-state index contributed by atoms with van der Waals surface area (Å²) in [5.74, 6) is 1.86. The molecule has 8 nitrogen and oxygen atoms in total. The smallest absolute Gasteiger partial charge is 0.222 e. The average Bonchev–Trinajstić information content (AvgIpc) is 2.67. The molecular formula is C18H20N4O4S. The SMILES string of the molecule is COc1cc2ncnc(NC(C)c3ccc(N[SH](=O)=O)cc3)c2cc1OC. The second-order valence-corrected chi connectivity index (χ2v) is 6.54. The van der Waals surface area contributed by atoms with Gasteiger partial charge in [-0.3, -0.25) is 4.72 Å². The lowest BCUT2D eigenvalue weighted by Crippen LogP contribution is -2.09. The van der Waals surface area contributed by atoms with Gasteiger partial charge in [0.2, 0.25) is 10.9 Å². The molecule has 27 heavy (non-hydrogen) atoms. The van der Waals surface area contributed by atoms with Crippen molar-refractivity contribution in [2.45, 2.75) is 13.0 Å². The van der Waals surface area contributed by atoms with Crippen LogP contribution in [0, 0.1) is 0 Å². The fourth-order valence-corrected chi connectivity index (χ4v) is 3.10. The minimum atomic E-state index is -2.68. The number of hydrogen-bond acceptors (Lipinski definition) is 7. The topological polar surface area (TPSA) is 102 Å². The molecule has 2 N–H and O–H groups in total. The fraction of sp³-hybridized carbons (Fsp3) is 0.222. The molecule has 142 valence electrons. The zero-order chi connectivity index (χ0) is 19.4. The molecule has 1 aromatic heterocycles. The number of fused-ring (bicyclic) bond motifs is 1. The molecule has 9 heteroatoms. The van der Waals surface area contributed by atoms with Crippen molar-refractivity contribution >= 4 is 33.3 Å². The number of hydrogen-bond donors (Lipinski definition) is 3. The van der Waals surface area contributed by atoms with Crippen molar-refractivity contribution in [1.29, 1.82) is 0 Å². The summed E-state index contributed by atoms with van der Waals surface area (Å²) in [5, 5.41) is 4.17. The zero-order valence-corrected chi connectivity index (χ0v) is 16.0. The van der Waals surface area contributed by atoms with Gasteiger partial charge in [-0.05, 0) is 30.7 Å². The Kier molecular flexibility index (Phi) is 5.60. The van der Waals surface area contributed by atoms with Crippen molar-refractivity contribution in [3.05, 3.63) is 48.3 Å². The highest BCUT2D eigenvalue weighted by Crippen LogP contribution is 2.34. The Labute approximate surface area is 158 Å². The molecule has 2 aromatic carbocycles. The van der Waals surface area contributed by atoms with E-state index in [0.29, 0.717) is 23.0 Å². The lowest BCUT2D eigenvalue weighted by atomic mass is 10.1. The minimum Gasteiger partial charge on any atom is -0.493 e. The maximum atomic E-state index is 10.7. The van der Waals surface area contributed by atoms with Gasteiger partial charge in [-0.25, -0.2) is 18.4 Å². The Morgan fingerprint density at radius 2 is 1.67 bits per heavy atom. The first-order chi connectivity index (χ1) is 13.0. The van der Waals surface area contributed by atoms with E-state index in [1.54, 1.807) is 32.4 Å². The summed E-state index contributed by atoms with van der Waals surface area (Å²) in [6.45, 7) is 1.99. The van der Waals surface area contributed by atoms with E-state index in [9.17, 15) is 8.42 Å². The van der Waals surface area contributed by atoms with Crippen LogP contribution in [0.2, 0.25) is 0 Å². The number of methoxy groups -OCH3 is 2. The predicted octanol–water partition coefficient (Wildman–Crippen LogP) is 2.76. The number of aromatic nitrogens is 2. The Balaban J connectivity index is 1.89. The molecule has 0 radical (unpaired) electrons. The summed E-state index contributed by atoms with van der Waals surface area (Å²) in [6, 6.07) is 10.7. The molecule has 1 unspecified atom stereocenters. The zero-order valence-electron chi connectivity index (χ0n) is 15.1. The van der Waals surface area contributed by atoms with E-state index in [2.05, 4.69) is 20.0 Å². The van der Waals surface area contributed by atoms with E-state index in [-0.39, 0.29) is 6.04 Å². The van der Waals surface area contributed by atoms with E-state index in [4.69, 9.17) is 9.47 Å². The fourth-order valence-electron chi connectivity index (χ4n) is 2.74. The maximum absolute atomic E-state index is 10.7. The molecule has 0 saturated heterocycles. The molecule has 3 rings (SSSR count). The van der Waals surface area contributed by atoms with Crippen molar-refractivity contribution in [2.75, 3.05) is 24.3 Å². The monoisotopic (exact) mass is 388 g/mol. The van der Waals surface area contributed by atoms with Crippen LogP contribution in [0.4, 0.5) is 11.5 Å². The molecule has 0 aliphatic carbocycles. The summed E-state index contributed by atoms with van der Waals surface area (Å²) in [5.41, 5.74) is 2.23. The highest BCUT2D eigenvalue weighted by molar-refractivity contribution is 7.73. The number of ether oxygens (including phenoxy) is 2. The molecule has 0 aliphatic rings. The summed E-state index contributed by atoms with van der Waals surface area (Å²) in [6.07, 6.45) is 1.49. The molecule has 1 atom stereocenters. The van der Waals surface area contributed by atoms with Crippen LogP contribution in [0.5, 0.6) is 11.5 Å². The number of rotatable bonds is 7. The Morgan fingerprint density at radius 3 is 2.30 bits per heavy atom. The van der Waals surface area contributed by atoms with Gasteiger partial charge in [0.25, 0.3) is 0 Å². The third kappa shape index (κ3) is 4.20. The molecular weight excluding hydrogens is 368 g/mol. The first-order valence-corrected chi connectivity index (χ1v) is 9.34. The molecule has 0 saturated carbocycles. The number of nitrogens with one attached hydrogen (secondary N) is 2. The lowest BCUT2D eigenvalue weighted by Gasteiger charge is -2.17. The Morgan fingerprint density at radius 1 is 1.00 bits per heavy atom. The van der Waals surface area contributed by atoms with E-state index in [1.165, 1.54) is 6.33 Å². The standard InChI is InChI=1S/C18H20N4O4S/c1-11(12-4-6-13(7-5-12)22-27(23)24)21-18-14-8-16(25-2)17(26-3)9-15(14)19-10-20-18/h4-11,27H,1-3H3,(H,19,20,21)(H,22,23,24). The maximum Gasteiger partial charge on any atom is 0.222 e. The number of nitrogens with zero attached hydrogens (tertiary/aromatic N) is 2. The number of thiol groups is 1. The van der Waals surface area contributed by atoms with Gasteiger partial charge in [-0.2, -0.15) is 0 Å². The highest BCUT2D eigenvalue weighted by Gasteiger charge is 2.13. The summed E-state index contributed by atoms with van der Waals surface area (Å²) >= 11 is 0. The predicted molar refractivity (Wildman–Crippen MR) is 105 cm³/mol. The van der Waals surface area contributed by atoms with Gasteiger partial charge in [0.1, 0.15) is 12.1 Å². The molecule has 3 aromatic rings. The summed E-state index contributed by atoms with van der Waals surface area (Å²) in [7, 11) is 0.480. The second kappa shape index (κ2) is 8.09. The first-order valence-electron chi connectivity index (χ1n) is 8.16. The van der Waals surface area contributed by atoms with Gasteiger partial charge in [0.15, 0.2) is 11.5 Å². The quantitative estimate of drug-likeness (QED) is 0.535. The average molecular weight is 388 g/mol. The van der Waals surface area contributed by atoms with Crippen LogP contribution in [-0.2, 0) is 10.9 Å². The second-order valence-electron chi connectivity index (χ2n) is 5.80. The largest absolute Gasteiger partial charge is 0.493 e. The van der Waals surface area contributed by atoms with Crippen LogP contribution >= 0.6 is 0 Å². The van der Waals surface area contributed by atoms with Gasteiger partial charge in [-0.15, -0.1) is 0 Å². The van der Waals surface area contributed by atoms with Crippen molar-refractivity contribution in [3.8, 4) is 11.5 Å². The van der Waals surface area contributed by atoms with Crippen molar-refractivity contribution < 1.29 is 17.9 Å². The van der Waals surface area contributed by atoms with Gasteiger partial charge < -0.3 is 14.8 Å². The van der Waals surface area contributed by atoms with E-state index in [1.807, 2.05) is 25.1 Å². The van der Waals surface area contributed by atoms with Crippen molar-refractivity contribution in [2.24, 2.45) is 0 Å². The van der Waals surface area contributed by atoms with Crippen molar-refractivity contribution in [1.82, 2.24) is 9.97 Å². The van der Waals surface area contributed by atoms with Gasteiger partial charge in [0, 0.05) is 23.2 Å². The third-order valence-corrected chi connectivity index (χ3v) is 4.57. The van der Waals surface area contributed by atoms with Crippen LogP contribution in [-0.4, -0.2) is 32.6 Å². The summed E-state index contributed by atoms with van der Waals surface area (Å²) in [4.78, 5) is 8.64. The van der Waals surface area contributed by atoms with Crippen molar-refractivity contribution in [3.63, 3.8) is 0 Å². The van der Waals surface area contributed by atoms with Gasteiger partial charge >= 0.3 is 0 Å². The van der Waals surface area contributed by atoms with E-state index in [0.717, 1.165) is 16.5 Å². The third-order valence-electron chi connectivity index (χ3n) is 4.12. The first kappa shape index (κ1) is 18.7.